The summed E-state index contributed by atoms with van der Waals surface area (Å²) < 4.78 is 0. The summed E-state index contributed by atoms with van der Waals surface area (Å²) >= 11 is 0. The van der Waals surface area contributed by atoms with Gasteiger partial charge in [-0.25, -0.2) is 0 Å². The lowest BCUT2D eigenvalue weighted by molar-refractivity contribution is 0.458. The first kappa shape index (κ1) is 26.4. The van der Waals surface area contributed by atoms with Crippen LogP contribution in [0.15, 0.2) is 70.9 Å². The highest BCUT2D eigenvalue weighted by Crippen LogP contribution is 2.41. The van der Waals surface area contributed by atoms with Crippen LogP contribution < -0.4 is 0 Å². The molecule has 3 aromatic carbocycles. The topological polar surface area (TPSA) is 152 Å². The molecule has 0 spiro atoms. The number of phenols is 2. The minimum atomic E-state index is -0.509. The van der Waals surface area contributed by atoms with Crippen LogP contribution in [0.1, 0.15) is 70.7 Å². The SMILES string of the molecule is Cc1nnnn1N=Cc1ccc(O)c(C(c2cccc(C(C)C)c2)c2cc(C=Nn3nnnc3C)ccc2O)c1. The summed E-state index contributed by atoms with van der Waals surface area (Å²) in [6.07, 6.45) is 3.23. The number of nitrogens with zero attached hydrogens (tertiary/aromatic N) is 10. The smallest absolute Gasteiger partial charge is 0.173 e. The zero-order valence-electron chi connectivity index (χ0n) is 22.4. The second-order valence-electron chi connectivity index (χ2n) is 9.61. The summed E-state index contributed by atoms with van der Waals surface area (Å²) in [7, 11) is 0. The van der Waals surface area contributed by atoms with E-state index in [0.29, 0.717) is 28.7 Å². The Bertz CT molecular complexity index is 1600. The highest BCUT2D eigenvalue weighted by Gasteiger charge is 2.24. The van der Waals surface area contributed by atoms with Crippen molar-refractivity contribution in [3.63, 3.8) is 0 Å². The molecule has 5 aromatic rings. The molecule has 2 aromatic heterocycles. The third-order valence-corrected chi connectivity index (χ3v) is 6.48. The van der Waals surface area contributed by atoms with Crippen LogP contribution in [0.5, 0.6) is 11.5 Å². The molecule has 0 radical (unpaired) electrons. The normalized spacial score (nSPS) is 12.6. The monoisotopic (exact) mass is 536 g/mol. The largest absolute Gasteiger partial charge is 0.508 e. The van der Waals surface area contributed by atoms with Crippen molar-refractivity contribution in [1.82, 2.24) is 40.6 Å². The molecule has 0 saturated heterocycles. The van der Waals surface area contributed by atoms with Gasteiger partial charge in [0.15, 0.2) is 11.6 Å². The average molecular weight is 537 g/mol. The highest BCUT2D eigenvalue weighted by atomic mass is 16.3. The molecule has 0 amide bonds. The van der Waals surface area contributed by atoms with Crippen molar-refractivity contribution in [1.29, 1.82) is 0 Å². The molecule has 5 rings (SSSR count). The molecular weight excluding hydrogens is 508 g/mol. The van der Waals surface area contributed by atoms with Crippen molar-refractivity contribution in [2.75, 3.05) is 0 Å². The fourth-order valence-electron chi connectivity index (χ4n) is 4.30. The summed E-state index contributed by atoms with van der Waals surface area (Å²) in [4.78, 5) is 2.63. The zero-order valence-corrected chi connectivity index (χ0v) is 22.4. The zero-order chi connectivity index (χ0) is 28.2. The molecule has 12 heteroatoms. The maximum atomic E-state index is 11.1. The van der Waals surface area contributed by atoms with E-state index in [2.05, 4.69) is 67.2 Å². The number of aromatic hydroxyl groups is 2. The van der Waals surface area contributed by atoms with Gasteiger partial charge < -0.3 is 10.2 Å². The average Bonchev–Trinajstić information content (AvgIpc) is 3.56. The summed E-state index contributed by atoms with van der Waals surface area (Å²) in [6.45, 7) is 7.74. The molecule has 0 bridgehead atoms. The molecule has 2 heterocycles. The molecule has 40 heavy (non-hydrogen) atoms. The highest BCUT2D eigenvalue weighted by molar-refractivity contribution is 5.82. The molecule has 202 valence electrons. The molecular formula is C28H28N10O2. The van der Waals surface area contributed by atoms with Gasteiger partial charge in [0.1, 0.15) is 11.5 Å². The van der Waals surface area contributed by atoms with E-state index in [1.807, 2.05) is 24.3 Å². The van der Waals surface area contributed by atoms with E-state index in [4.69, 9.17) is 0 Å². The van der Waals surface area contributed by atoms with Gasteiger partial charge in [0, 0.05) is 17.0 Å². The Morgan fingerprint density at radius 3 is 1.65 bits per heavy atom. The standard InChI is InChI=1S/C28H28N10O2/c1-17(2)22-6-5-7-23(14-22)28(24-12-20(8-10-26(24)39)15-29-37-18(3)31-33-35-37)25-13-21(9-11-27(25)40)16-30-38-19(4)32-34-36-38/h5-17,28,39-40H,1-4H3. The summed E-state index contributed by atoms with van der Waals surface area (Å²) in [5, 5.41) is 53.4. The van der Waals surface area contributed by atoms with E-state index < -0.39 is 5.92 Å². The molecule has 0 atom stereocenters. The Labute approximate surface area is 230 Å². The van der Waals surface area contributed by atoms with Crippen LogP contribution in [0.2, 0.25) is 0 Å². The van der Waals surface area contributed by atoms with E-state index in [1.54, 1.807) is 50.5 Å². The van der Waals surface area contributed by atoms with Gasteiger partial charge >= 0.3 is 0 Å². The number of hydrogen-bond acceptors (Lipinski definition) is 10. The van der Waals surface area contributed by atoms with Gasteiger partial charge in [0.2, 0.25) is 0 Å². The number of aryl methyl sites for hydroxylation is 2. The van der Waals surface area contributed by atoms with Gasteiger partial charge in [0.25, 0.3) is 0 Å². The van der Waals surface area contributed by atoms with Crippen LogP contribution in [0, 0.1) is 13.8 Å². The maximum absolute atomic E-state index is 11.1. The lowest BCUT2D eigenvalue weighted by Crippen LogP contribution is -2.07. The van der Waals surface area contributed by atoms with Crippen LogP contribution in [-0.2, 0) is 0 Å². The molecule has 0 fully saturated rings. The molecule has 0 unspecified atom stereocenters. The maximum Gasteiger partial charge on any atom is 0.173 e. The Morgan fingerprint density at radius 2 is 1.20 bits per heavy atom. The summed E-state index contributed by atoms with van der Waals surface area (Å²) in [5.41, 5.74) is 4.68. The van der Waals surface area contributed by atoms with E-state index in [9.17, 15) is 10.2 Å². The van der Waals surface area contributed by atoms with Crippen molar-refractivity contribution in [2.24, 2.45) is 10.2 Å². The first-order valence-corrected chi connectivity index (χ1v) is 12.6. The molecule has 0 aliphatic carbocycles. The first-order chi connectivity index (χ1) is 19.3. The molecule has 0 aliphatic heterocycles. The lowest BCUT2D eigenvalue weighted by Gasteiger charge is -2.23. The number of phenolic OH excluding ortho intramolecular Hbond substituents is 2. The van der Waals surface area contributed by atoms with Crippen molar-refractivity contribution in [3.8, 4) is 11.5 Å². The number of aromatic nitrogens is 8. The van der Waals surface area contributed by atoms with Crippen LogP contribution in [0.3, 0.4) is 0 Å². The summed E-state index contributed by atoms with van der Waals surface area (Å²) in [6, 6.07) is 18.6. The van der Waals surface area contributed by atoms with Crippen LogP contribution >= 0.6 is 0 Å². The Balaban J connectivity index is 1.63. The quantitative estimate of drug-likeness (QED) is 0.225. The number of rotatable bonds is 8. The second-order valence-corrected chi connectivity index (χ2v) is 9.61. The predicted molar refractivity (Wildman–Crippen MR) is 149 cm³/mol. The van der Waals surface area contributed by atoms with Crippen molar-refractivity contribution >= 4 is 12.4 Å². The second kappa shape index (κ2) is 11.2. The third kappa shape index (κ3) is 5.60. The van der Waals surface area contributed by atoms with Gasteiger partial charge in [-0.15, -0.1) is 19.8 Å². The Hall–Kier alpha value is -5.26. The van der Waals surface area contributed by atoms with Gasteiger partial charge in [-0.3, -0.25) is 0 Å². The molecule has 0 saturated carbocycles. The van der Waals surface area contributed by atoms with Crippen molar-refractivity contribution in [3.05, 3.63) is 106 Å². The molecule has 2 N–H and O–H groups in total. The van der Waals surface area contributed by atoms with Crippen LogP contribution in [-0.4, -0.2) is 63.3 Å². The number of tetrazole rings is 2. The third-order valence-electron chi connectivity index (χ3n) is 6.48. The van der Waals surface area contributed by atoms with E-state index in [-0.39, 0.29) is 11.5 Å². The van der Waals surface area contributed by atoms with E-state index >= 15 is 0 Å². The van der Waals surface area contributed by atoms with Crippen LogP contribution in [0.4, 0.5) is 0 Å². The lowest BCUT2D eigenvalue weighted by atomic mass is 9.82. The molecule has 12 nitrogen and oxygen atoms in total. The minimum Gasteiger partial charge on any atom is -0.508 e. The van der Waals surface area contributed by atoms with Gasteiger partial charge in [0.05, 0.1) is 12.4 Å². The van der Waals surface area contributed by atoms with Crippen molar-refractivity contribution in [2.45, 2.75) is 39.5 Å². The summed E-state index contributed by atoms with van der Waals surface area (Å²) in [5.74, 6) is 1.03. The van der Waals surface area contributed by atoms with E-state index in [0.717, 1.165) is 22.3 Å². The predicted octanol–water partition coefficient (Wildman–Crippen LogP) is 3.76. The fourth-order valence-corrected chi connectivity index (χ4v) is 4.30. The van der Waals surface area contributed by atoms with Gasteiger partial charge in [-0.2, -0.15) is 10.2 Å². The van der Waals surface area contributed by atoms with Gasteiger partial charge in [-0.05, 0) is 99.3 Å². The number of hydrogen-bond donors (Lipinski definition) is 2. The Kier molecular flexibility index (Phi) is 7.40. The van der Waals surface area contributed by atoms with Crippen LogP contribution in [0.25, 0.3) is 0 Å². The van der Waals surface area contributed by atoms with Crippen molar-refractivity contribution < 1.29 is 10.2 Å². The first-order valence-electron chi connectivity index (χ1n) is 12.6. The Morgan fingerprint density at radius 1 is 0.700 bits per heavy atom. The minimum absolute atomic E-state index is 0.0819. The van der Waals surface area contributed by atoms with Gasteiger partial charge in [-0.1, -0.05) is 38.1 Å². The van der Waals surface area contributed by atoms with E-state index in [1.165, 1.54) is 9.58 Å². The molecule has 0 aliphatic rings. The fraction of sp³-hybridized carbons (Fsp3) is 0.214. The number of benzene rings is 3.